The number of methoxy groups -OCH3 is 1. The van der Waals surface area contributed by atoms with E-state index in [-0.39, 0.29) is 0 Å². The Bertz CT molecular complexity index is 916. The number of imidazole rings is 1. The van der Waals surface area contributed by atoms with Gasteiger partial charge in [-0.25, -0.2) is 9.98 Å². The molecule has 0 atom stereocenters. The summed E-state index contributed by atoms with van der Waals surface area (Å²) in [4.78, 5) is 8.73. The lowest BCUT2D eigenvalue weighted by Crippen LogP contribution is -2.23. The topological polar surface area (TPSA) is 77.5 Å². The molecule has 0 amide bonds. The van der Waals surface area contributed by atoms with E-state index in [9.17, 15) is 0 Å². The van der Waals surface area contributed by atoms with Gasteiger partial charge >= 0.3 is 0 Å². The number of nitrogens with two attached hydrogens (primary N) is 1. The molecule has 3 rings (SSSR count). The van der Waals surface area contributed by atoms with Gasteiger partial charge in [0.25, 0.3) is 0 Å². The predicted molar refractivity (Wildman–Crippen MR) is 109 cm³/mol. The zero-order valence-electron chi connectivity index (χ0n) is 15.7. The second-order valence-electron chi connectivity index (χ2n) is 6.34. The minimum absolute atomic E-state index is 0.384. The van der Waals surface area contributed by atoms with Gasteiger partial charge in [-0.2, -0.15) is 0 Å². The van der Waals surface area contributed by atoms with Crippen LogP contribution in [0.3, 0.4) is 0 Å². The zero-order valence-corrected chi connectivity index (χ0v) is 15.7. The van der Waals surface area contributed by atoms with E-state index in [1.54, 1.807) is 7.11 Å². The molecule has 6 heteroatoms. The first-order valence-electron chi connectivity index (χ1n) is 8.85. The van der Waals surface area contributed by atoms with Crippen LogP contribution in [0.4, 0.5) is 5.69 Å². The van der Waals surface area contributed by atoms with Gasteiger partial charge in [0.1, 0.15) is 5.82 Å². The van der Waals surface area contributed by atoms with Gasteiger partial charge in [-0.05, 0) is 24.1 Å². The number of para-hydroxylation sites is 1. The van der Waals surface area contributed by atoms with Crippen molar-refractivity contribution in [2.45, 2.75) is 26.6 Å². The van der Waals surface area contributed by atoms with E-state index < -0.39 is 0 Å². The molecule has 0 fully saturated rings. The lowest BCUT2D eigenvalue weighted by molar-refractivity contribution is 0.185. The molecular formula is C21H25N5O. The molecule has 0 unspecified atom stereocenters. The molecule has 6 nitrogen and oxygen atoms in total. The normalized spacial score (nSPS) is 11.6. The minimum atomic E-state index is 0.384. The highest BCUT2D eigenvalue weighted by Gasteiger charge is 2.03. The van der Waals surface area contributed by atoms with Crippen molar-refractivity contribution in [3.63, 3.8) is 0 Å². The number of hydrogen-bond donors (Lipinski definition) is 2. The highest BCUT2D eigenvalue weighted by Crippen LogP contribution is 2.15. The zero-order chi connectivity index (χ0) is 19.1. The van der Waals surface area contributed by atoms with Gasteiger partial charge < -0.3 is 20.4 Å². The summed E-state index contributed by atoms with van der Waals surface area (Å²) in [5.74, 6) is 1.39. The SMILES string of the molecule is COCc1ccccc1NC(N)=NCc1cccc(Cn2ccnc2C)c1. The summed E-state index contributed by atoms with van der Waals surface area (Å²) >= 11 is 0. The smallest absolute Gasteiger partial charge is 0.193 e. The molecule has 0 saturated carbocycles. The van der Waals surface area contributed by atoms with Gasteiger partial charge in [-0.15, -0.1) is 0 Å². The van der Waals surface area contributed by atoms with E-state index in [1.165, 1.54) is 5.56 Å². The number of benzene rings is 2. The van der Waals surface area contributed by atoms with Gasteiger partial charge in [0.05, 0.1) is 13.2 Å². The van der Waals surface area contributed by atoms with Crippen molar-refractivity contribution in [3.05, 3.63) is 83.4 Å². The quantitative estimate of drug-likeness (QED) is 0.499. The molecule has 27 heavy (non-hydrogen) atoms. The molecule has 2 aromatic carbocycles. The molecule has 140 valence electrons. The highest BCUT2D eigenvalue weighted by atomic mass is 16.5. The largest absolute Gasteiger partial charge is 0.380 e. The first-order valence-corrected chi connectivity index (χ1v) is 8.85. The maximum Gasteiger partial charge on any atom is 0.193 e. The van der Waals surface area contributed by atoms with Crippen molar-refractivity contribution in [1.29, 1.82) is 0 Å². The highest BCUT2D eigenvalue weighted by molar-refractivity contribution is 5.92. The molecule has 1 aromatic heterocycles. The number of anilines is 1. The second kappa shape index (κ2) is 9.00. The minimum Gasteiger partial charge on any atom is -0.380 e. The number of hydrogen-bond acceptors (Lipinski definition) is 3. The van der Waals surface area contributed by atoms with Crippen LogP contribution in [-0.2, 0) is 24.4 Å². The van der Waals surface area contributed by atoms with Gasteiger partial charge in [0.2, 0.25) is 0 Å². The molecule has 1 heterocycles. The van der Waals surface area contributed by atoms with Crippen LogP contribution in [-0.4, -0.2) is 22.6 Å². The number of ether oxygens (including phenoxy) is 1. The fourth-order valence-corrected chi connectivity index (χ4v) is 2.87. The van der Waals surface area contributed by atoms with Crippen LogP contribution in [0.2, 0.25) is 0 Å². The lowest BCUT2D eigenvalue weighted by atomic mass is 10.1. The van der Waals surface area contributed by atoms with Crippen LogP contribution >= 0.6 is 0 Å². The van der Waals surface area contributed by atoms with Crippen LogP contribution in [0.15, 0.2) is 65.9 Å². The molecular weight excluding hydrogens is 338 g/mol. The Morgan fingerprint density at radius 1 is 1.19 bits per heavy atom. The van der Waals surface area contributed by atoms with Gasteiger partial charge in [-0.1, -0.05) is 42.5 Å². The van der Waals surface area contributed by atoms with Crippen LogP contribution in [0.25, 0.3) is 0 Å². The first-order chi connectivity index (χ1) is 13.2. The number of aryl methyl sites for hydroxylation is 1. The lowest BCUT2D eigenvalue weighted by Gasteiger charge is -2.11. The number of aromatic nitrogens is 2. The van der Waals surface area contributed by atoms with E-state index in [2.05, 4.69) is 38.1 Å². The molecule has 0 aliphatic carbocycles. The maximum atomic E-state index is 6.07. The molecule has 0 radical (unpaired) electrons. The number of rotatable bonds is 7. The standard InChI is InChI=1S/C21H25N5O/c1-16-23-10-11-26(16)14-18-7-5-6-17(12-18)13-24-21(22)25-20-9-4-3-8-19(20)15-27-2/h3-12H,13-15H2,1-2H3,(H3,22,24,25). The summed E-state index contributed by atoms with van der Waals surface area (Å²) in [7, 11) is 1.67. The number of nitrogens with one attached hydrogen (secondary N) is 1. The molecule has 0 bridgehead atoms. The Morgan fingerprint density at radius 3 is 2.78 bits per heavy atom. The Balaban J connectivity index is 1.65. The van der Waals surface area contributed by atoms with Gasteiger partial charge in [-0.3, -0.25) is 0 Å². The summed E-state index contributed by atoms with van der Waals surface area (Å²) in [6.07, 6.45) is 3.80. The number of nitrogens with zero attached hydrogens (tertiary/aromatic N) is 3. The Kier molecular flexibility index (Phi) is 6.22. The third-order valence-electron chi connectivity index (χ3n) is 4.28. The Labute approximate surface area is 159 Å². The van der Waals surface area contributed by atoms with E-state index >= 15 is 0 Å². The summed E-state index contributed by atoms with van der Waals surface area (Å²) < 4.78 is 7.33. The maximum absolute atomic E-state index is 6.07. The second-order valence-corrected chi connectivity index (χ2v) is 6.34. The van der Waals surface area contributed by atoms with E-state index in [4.69, 9.17) is 10.5 Å². The fourth-order valence-electron chi connectivity index (χ4n) is 2.87. The van der Waals surface area contributed by atoms with Crippen molar-refractivity contribution in [1.82, 2.24) is 9.55 Å². The number of guanidine groups is 1. The van der Waals surface area contributed by atoms with Crippen molar-refractivity contribution < 1.29 is 4.74 Å². The molecule has 0 saturated heterocycles. The summed E-state index contributed by atoms with van der Waals surface area (Å²) in [6.45, 7) is 3.83. The van der Waals surface area contributed by atoms with Gasteiger partial charge in [0.15, 0.2) is 5.96 Å². The van der Waals surface area contributed by atoms with Crippen molar-refractivity contribution in [2.75, 3.05) is 12.4 Å². The summed E-state index contributed by atoms with van der Waals surface area (Å²) in [5, 5.41) is 3.16. The average Bonchev–Trinajstić information content (AvgIpc) is 3.07. The van der Waals surface area contributed by atoms with Crippen LogP contribution in [0.5, 0.6) is 0 Å². The average molecular weight is 363 g/mol. The predicted octanol–water partition coefficient (Wildman–Crippen LogP) is 3.31. The Hall–Kier alpha value is -3.12. The van der Waals surface area contributed by atoms with Gasteiger partial charge in [0, 0.05) is 37.3 Å². The first kappa shape index (κ1) is 18.7. The third-order valence-corrected chi connectivity index (χ3v) is 4.28. The molecule has 0 aliphatic rings. The van der Waals surface area contributed by atoms with E-state index in [1.807, 2.05) is 49.6 Å². The van der Waals surface area contributed by atoms with Crippen LogP contribution in [0, 0.1) is 6.92 Å². The summed E-state index contributed by atoms with van der Waals surface area (Å²) in [6, 6.07) is 16.2. The molecule has 3 aromatic rings. The number of aliphatic imine (C=N–C) groups is 1. The Morgan fingerprint density at radius 2 is 2.00 bits per heavy atom. The summed E-state index contributed by atoms with van der Waals surface area (Å²) in [5.41, 5.74) is 10.3. The van der Waals surface area contributed by atoms with Crippen LogP contribution < -0.4 is 11.1 Å². The van der Waals surface area contributed by atoms with Crippen LogP contribution in [0.1, 0.15) is 22.5 Å². The van der Waals surface area contributed by atoms with E-state index in [0.29, 0.717) is 19.1 Å². The monoisotopic (exact) mass is 363 g/mol. The van der Waals surface area contributed by atoms with E-state index in [0.717, 1.165) is 29.2 Å². The van der Waals surface area contributed by atoms with Crippen molar-refractivity contribution in [2.24, 2.45) is 10.7 Å². The third kappa shape index (κ3) is 5.18. The molecule has 3 N–H and O–H groups in total. The molecule has 0 spiro atoms. The van der Waals surface area contributed by atoms with Crippen molar-refractivity contribution >= 4 is 11.6 Å². The van der Waals surface area contributed by atoms with Crippen molar-refractivity contribution in [3.8, 4) is 0 Å². The fraction of sp³-hybridized carbons (Fsp3) is 0.238. The molecule has 0 aliphatic heterocycles.